The van der Waals surface area contributed by atoms with Crippen molar-refractivity contribution in [1.29, 1.82) is 0 Å². The lowest BCUT2D eigenvalue weighted by molar-refractivity contribution is -0.129. The number of hydrogen-bond donors (Lipinski definition) is 1. The van der Waals surface area contributed by atoms with Crippen molar-refractivity contribution in [3.05, 3.63) is 59.1 Å². The highest BCUT2D eigenvalue weighted by Crippen LogP contribution is 2.31. The van der Waals surface area contributed by atoms with Gasteiger partial charge in [0.05, 0.1) is 24.8 Å². The number of halogens is 1. The van der Waals surface area contributed by atoms with Gasteiger partial charge in [-0.25, -0.2) is 0 Å². The van der Waals surface area contributed by atoms with Crippen molar-refractivity contribution in [3.8, 4) is 5.75 Å². The van der Waals surface area contributed by atoms with Crippen molar-refractivity contribution in [2.24, 2.45) is 5.92 Å². The molecule has 0 aliphatic carbocycles. The SMILES string of the molecule is COc1ccc(Cl)cc1NC(=O)[C@H]1CC(=O)N([C@H](C)c2ccccc2)C1. The molecule has 1 heterocycles. The Morgan fingerprint density at radius 2 is 2.00 bits per heavy atom. The Labute approximate surface area is 157 Å². The highest BCUT2D eigenvalue weighted by molar-refractivity contribution is 6.31. The first-order chi connectivity index (χ1) is 12.5. The predicted octanol–water partition coefficient (Wildman–Crippen LogP) is 3.90. The number of benzene rings is 2. The normalized spacial score (nSPS) is 17.9. The molecule has 0 unspecified atom stereocenters. The molecule has 1 N–H and O–H groups in total. The predicted molar refractivity (Wildman–Crippen MR) is 101 cm³/mol. The number of hydrogen-bond acceptors (Lipinski definition) is 3. The average Bonchev–Trinajstić information content (AvgIpc) is 3.04. The smallest absolute Gasteiger partial charge is 0.229 e. The Balaban J connectivity index is 1.70. The topological polar surface area (TPSA) is 58.6 Å². The maximum atomic E-state index is 12.7. The third-order valence-electron chi connectivity index (χ3n) is 4.70. The van der Waals surface area contributed by atoms with Crippen LogP contribution in [0.3, 0.4) is 0 Å². The van der Waals surface area contributed by atoms with Crippen LogP contribution in [-0.2, 0) is 9.59 Å². The lowest BCUT2D eigenvalue weighted by Crippen LogP contribution is -2.30. The number of anilines is 1. The van der Waals surface area contributed by atoms with Crippen LogP contribution in [0.4, 0.5) is 5.69 Å². The molecule has 2 atom stereocenters. The van der Waals surface area contributed by atoms with Crippen LogP contribution >= 0.6 is 11.6 Å². The first-order valence-corrected chi connectivity index (χ1v) is 8.86. The van der Waals surface area contributed by atoms with Crippen molar-refractivity contribution in [1.82, 2.24) is 4.90 Å². The zero-order chi connectivity index (χ0) is 18.7. The minimum atomic E-state index is -0.405. The summed E-state index contributed by atoms with van der Waals surface area (Å²) in [5.74, 6) is -0.0971. The molecule has 1 saturated heterocycles. The van der Waals surface area contributed by atoms with Crippen LogP contribution in [0.25, 0.3) is 0 Å². The molecule has 1 fully saturated rings. The lowest BCUT2D eigenvalue weighted by atomic mass is 10.1. The fourth-order valence-corrected chi connectivity index (χ4v) is 3.38. The summed E-state index contributed by atoms with van der Waals surface area (Å²) in [6, 6.07) is 14.8. The van der Waals surface area contributed by atoms with Gasteiger partial charge in [-0.3, -0.25) is 9.59 Å². The Morgan fingerprint density at radius 1 is 1.27 bits per heavy atom. The molecule has 0 spiro atoms. The molecule has 1 aliphatic rings. The van der Waals surface area contributed by atoms with Crippen LogP contribution in [0.1, 0.15) is 24.9 Å². The Morgan fingerprint density at radius 3 is 2.69 bits per heavy atom. The summed E-state index contributed by atoms with van der Waals surface area (Å²) in [6.45, 7) is 2.37. The quantitative estimate of drug-likeness (QED) is 0.866. The third kappa shape index (κ3) is 3.83. The van der Waals surface area contributed by atoms with Gasteiger partial charge in [-0.15, -0.1) is 0 Å². The Hall–Kier alpha value is -2.53. The van der Waals surface area contributed by atoms with Gasteiger partial charge < -0.3 is 15.0 Å². The molecule has 1 aliphatic heterocycles. The molecule has 136 valence electrons. The molecule has 6 heteroatoms. The van der Waals surface area contributed by atoms with Gasteiger partial charge in [0.1, 0.15) is 5.75 Å². The first kappa shape index (κ1) is 18.3. The molecule has 2 amide bonds. The number of rotatable bonds is 5. The number of carbonyl (C=O) groups excluding carboxylic acids is 2. The number of likely N-dealkylation sites (tertiary alicyclic amines) is 1. The monoisotopic (exact) mass is 372 g/mol. The van der Waals surface area contributed by atoms with E-state index in [1.165, 1.54) is 7.11 Å². The summed E-state index contributed by atoms with van der Waals surface area (Å²) in [6.07, 6.45) is 0.200. The first-order valence-electron chi connectivity index (χ1n) is 8.48. The number of amides is 2. The van der Waals surface area contributed by atoms with Crippen molar-refractivity contribution >= 4 is 29.1 Å². The second kappa shape index (κ2) is 7.79. The fourth-order valence-electron chi connectivity index (χ4n) is 3.21. The number of ether oxygens (including phenoxy) is 1. The van der Waals surface area contributed by atoms with Crippen LogP contribution in [0, 0.1) is 5.92 Å². The zero-order valence-electron chi connectivity index (χ0n) is 14.7. The molecule has 26 heavy (non-hydrogen) atoms. The molecule has 0 radical (unpaired) electrons. The van der Waals surface area contributed by atoms with E-state index in [0.717, 1.165) is 5.56 Å². The molecule has 0 saturated carbocycles. The summed E-state index contributed by atoms with van der Waals surface area (Å²) in [5, 5.41) is 3.34. The van der Waals surface area contributed by atoms with Gasteiger partial charge in [-0.1, -0.05) is 41.9 Å². The van der Waals surface area contributed by atoms with E-state index < -0.39 is 5.92 Å². The molecular formula is C20H21ClN2O3. The molecular weight excluding hydrogens is 352 g/mol. The van der Waals surface area contributed by atoms with Gasteiger partial charge >= 0.3 is 0 Å². The van der Waals surface area contributed by atoms with Crippen molar-refractivity contribution < 1.29 is 14.3 Å². The van der Waals surface area contributed by atoms with Crippen molar-refractivity contribution in [2.45, 2.75) is 19.4 Å². The maximum Gasteiger partial charge on any atom is 0.229 e. The van der Waals surface area contributed by atoms with E-state index in [0.29, 0.717) is 23.0 Å². The minimum absolute atomic E-state index is 0.0143. The van der Waals surface area contributed by atoms with Gasteiger partial charge in [-0.05, 0) is 30.7 Å². The van der Waals surface area contributed by atoms with Crippen LogP contribution in [0.15, 0.2) is 48.5 Å². The van der Waals surface area contributed by atoms with E-state index in [1.807, 2.05) is 37.3 Å². The number of nitrogens with zero attached hydrogens (tertiary/aromatic N) is 1. The molecule has 2 aromatic rings. The van der Waals surface area contributed by atoms with E-state index in [1.54, 1.807) is 23.1 Å². The van der Waals surface area contributed by atoms with Crippen molar-refractivity contribution in [3.63, 3.8) is 0 Å². The summed E-state index contributed by atoms with van der Waals surface area (Å²) >= 11 is 6.00. The van der Waals surface area contributed by atoms with Crippen LogP contribution in [-0.4, -0.2) is 30.4 Å². The third-order valence-corrected chi connectivity index (χ3v) is 4.93. The van der Waals surface area contributed by atoms with Gasteiger partial charge in [0, 0.05) is 18.0 Å². The minimum Gasteiger partial charge on any atom is -0.495 e. The van der Waals surface area contributed by atoms with E-state index in [4.69, 9.17) is 16.3 Å². The number of nitrogens with one attached hydrogen (secondary N) is 1. The summed E-state index contributed by atoms with van der Waals surface area (Å²) in [5.41, 5.74) is 1.56. The van der Waals surface area contributed by atoms with Gasteiger partial charge in [0.15, 0.2) is 0 Å². The molecule has 5 nitrogen and oxygen atoms in total. The zero-order valence-corrected chi connectivity index (χ0v) is 15.5. The van der Waals surface area contributed by atoms with E-state index in [-0.39, 0.29) is 24.3 Å². The number of carbonyl (C=O) groups is 2. The van der Waals surface area contributed by atoms with Gasteiger partial charge in [0.2, 0.25) is 11.8 Å². The molecule has 0 aromatic heterocycles. The van der Waals surface area contributed by atoms with Gasteiger partial charge in [0.25, 0.3) is 0 Å². The van der Waals surface area contributed by atoms with Crippen LogP contribution < -0.4 is 10.1 Å². The van der Waals surface area contributed by atoms with E-state index in [2.05, 4.69) is 5.32 Å². The Bertz CT molecular complexity index is 810. The Kier molecular flexibility index (Phi) is 5.47. The van der Waals surface area contributed by atoms with Crippen molar-refractivity contribution in [2.75, 3.05) is 19.0 Å². The summed E-state index contributed by atoms with van der Waals surface area (Å²) < 4.78 is 5.25. The summed E-state index contributed by atoms with van der Waals surface area (Å²) in [4.78, 5) is 26.8. The summed E-state index contributed by atoms with van der Waals surface area (Å²) in [7, 11) is 1.53. The number of methoxy groups -OCH3 is 1. The van der Waals surface area contributed by atoms with Crippen LogP contribution in [0.2, 0.25) is 5.02 Å². The molecule has 3 rings (SSSR count). The second-order valence-corrected chi connectivity index (χ2v) is 6.80. The lowest BCUT2D eigenvalue weighted by Gasteiger charge is -2.25. The largest absolute Gasteiger partial charge is 0.495 e. The van der Waals surface area contributed by atoms with E-state index >= 15 is 0 Å². The van der Waals surface area contributed by atoms with Crippen LogP contribution in [0.5, 0.6) is 5.75 Å². The van der Waals surface area contributed by atoms with Gasteiger partial charge in [-0.2, -0.15) is 0 Å². The molecule has 2 aromatic carbocycles. The highest BCUT2D eigenvalue weighted by atomic mass is 35.5. The maximum absolute atomic E-state index is 12.7. The molecule has 0 bridgehead atoms. The standard InChI is InChI=1S/C20H21ClN2O3/c1-13(14-6-4-3-5-7-14)23-12-15(10-19(23)24)20(25)22-17-11-16(21)8-9-18(17)26-2/h3-9,11,13,15H,10,12H2,1-2H3,(H,22,25)/t13-,15+/m1/s1. The average molecular weight is 373 g/mol. The van der Waals surface area contributed by atoms with E-state index in [9.17, 15) is 9.59 Å². The fraction of sp³-hybridized carbons (Fsp3) is 0.300. The second-order valence-electron chi connectivity index (χ2n) is 6.37. The highest BCUT2D eigenvalue weighted by Gasteiger charge is 2.37.